The van der Waals surface area contributed by atoms with E-state index in [0.717, 1.165) is 11.1 Å². The van der Waals surface area contributed by atoms with Gasteiger partial charge in [0, 0.05) is 19.0 Å². The highest BCUT2D eigenvalue weighted by atomic mass is 16.5. The van der Waals surface area contributed by atoms with Gasteiger partial charge in [-0.15, -0.1) is 0 Å². The smallest absolute Gasteiger partial charge is 0.308 e. The molecule has 5 heteroatoms. The molecule has 1 aliphatic heterocycles. The van der Waals surface area contributed by atoms with Gasteiger partial charge in [-0.3, -0.25) is 9.59 Å². The van der Waals surface area contributed by atoms with E-state index in [2.05, 4.69) is 0 Å². The number of nitrogens with zero attached hydrogens (tertiary/aromatic N) is 1. The second-order valence-electron chi connectivity index (χ2n) is 6.80. The molecule has 2 unspecified atom stereocenters. The first-order valence-corrected chi connectivity index (χ1v) is 8.71. The Morgan fingerprint density at radius 1 is 1.08 bits per heavy atom. The van der Waals surface area contributed by atoms with Gasteiger partial charge in [0.2, 0.25) is 0 Å². The standard InChI is InChI=1S/C21H23NO4/c1-14-8-9-17(10-15(14)2)26-13-20(23)22-11-18(19(12-22)21(24)25)16-6-4-3-5-7-16/h3-10,18-19H,11-13H2,1-2H3,(H,24,25). The summed E-state index contributed by atoms with van der Waals surface area (Å²) < 4.78 is 5.61. The first-order valence-electron chi connectivity index (χ1n) is 8.71. The van der Waals surface area contributed by atoms with Gasteiger partial charge >= 0.3 is 5.97 Å². The maximum atomic E-state index is 12.5. The summed E-state index contributed by atoms with van der Waals surface area (Å²) in [4.78, 5) is 25.8. The molecule has 1 fully saturated rings. The van der Waals surface area contributed by atoms with Crippen molar-refractivity contribution < 1.29 is 19.4 Å². The second-order valence-corrected chi connectivity index (χ2v) is 6.80. The normalized spacial score (nSPS) is 19.4. The minimum absolute atomic E-state index is 0.0870. The fourth-order valence-electron chi connectivity index (χ4n) is 3.34. The van der Waals surface area contributed by atoms with Crippen molar-refractivity contribution in [2.24, 2.45) is 5.92 Å². The van der Waals surface area contributed by atoms with Crippen LogP contribution < -0.4 is 4.74 Å². The van der Waals surface area contributed by atoms with E-state index in [-0.39, 0.29) is 25.0 Å². The summed E-state index contributed by atoms with van der Waals surface area (Å²) >= 11 is 0. The van der Waals surface area contributed by atoms with Gasteiger partial charge in [0.25, 0.3) is 5.91 Å². The number of hydrogen-bond donors (Lipinski definition) is 1. The minimum atomic E-state index is -0.871. The second kappa shape index (κ2) is 7.60. The van der Waals surface area contributed by atoms with Crippen LogP contribution in [0.3, 0.4) is 0 Å². The highest BCUT2D eigenvalue weighted by molar-refractivity contribution is 5.80. The predicted octanol–water partition coefficient (Wildman–Crippen LogP) is 3.01. The van der Waals surface area contributed by atoms with Crippen LogP contribution in [0.5, 0.6) is 5.75 Å². The van der Waals surface area contributed by atoms with Crippen LogP contribution in [-0.4, -0.2) is 41.6 Å². The molecule has 2 aromatic rings. The molecule has 0 radical (unpaired) electrons. The maximum Gasteiger partial charge on any atom is 0.308 e. The Morgan fingerprint density at radius 2 is 1.81 bits per heavy atom. The van der Waals surface area contributed by atoms with Crippen molar-refractivity contribution in [3.8, 4) is 5.75 Å². The molecule has 1 aliphatic rings. The van der Waals surface area contributed by atoms with Gasteiger partial charge in [0.05, 0.1) is 5.92 Å². The number of aryl methyl sites for hydroxylation is 2. The van der Waals surface area contributed by atoms with Crippen molar-refractivity contribution in [2.45, 2.75) is 19.8 Å². The lowest BCUT2D eigenvalue weighted by Gasteiger charge is -2.17. The van der Waals surface area contributed by atoms with Crippen molar-refractivity contribution in [3.05, 3.63) is 65.2 Å². The molecule has 0 saturated carbocycles. The van der Waals surface area contributed by atoms with Crippen molar-refractivity contribution in [1.82, 2.24) is 4.90 Å². The molecule has 26 heavy (non-hydrogen) atoms. The quantitative estimate of drug-likeness (QED) is 0.897. The third-order valence-electron chi connectivity index (χ3n) is 5.06. The Bertz CT molecular complexity index is 803. The van der Waals surface area contributed by atoms with Crippen LogP contribution in [0.4, 0.5) is 0 Å². The van der Waals surface area contributed by atoms with Gasteiger partial charge in [0.1, 0.15) is 5.75 Å². The van der Waals surface area contributed by atoms with E-state index in [0.29, 0.717) is 12.3 Å². The summed E-state index contributed by atoms with van der Waals surface area (Å²) in [6.07, 6.45) is 0. The molecule has 1 N–H and O–H groups in total. The third-order valence-corrected chi connectivity index (χ3v) is 5.06. The molecule has 3 rings (SSSR count). The van der Waals surface area contributed by atoms with Crippen LogP contribution in [0, 0.1) is 19.8 Å². The third kappa shape index (κ3) is 3.87. The van der Waals surface area contributed by atoms with Gasteiger partial charge in [-0.2, -0.15) is 0 Å². The monoisotopic (exact) mass is 353 g/mol. The number of aliphatic carboxylic acids is 1. The number of likely N-dealkylation sites (tertiary alicyclic amines) is 1. The maximum absolute atomic E-state index is 12.5. The van der Waals surface area contributed by atoms with E-state index in [1.54, 1.807) is 4.90 Å². The van der Waals surface area contributed by atoms with Crippen LogP contribution in [0.15, 0.2) is 48.5 Å². The number of ether oxygens (including phenoxy) is 1. The van der Waals surface area contributed by atoms with Crippen LogP contribution in [0.1, 0.15) is 22.6 Å². The van der Waals surface area contributed by atoms with Crippen LogP contribution in [0.25, 0.3) is 0 Å². The fourth-order valence-corrected chi connectivity index (χ4v) is 3.34. The number of carboxylic acids is 1. The number of rotatable bonds is 5. The molecule has 2 aromatic carbocycles. The number of hydrogen-bond acceptors (Lipinski definition) is 3. The zero-order valence-corrected chi connectivity index (χ0v) is 15.0. The van der Waals surface area contributed by atoms with E-state index in [1.165, 1.54) is 5.56 Å². The molecule has 136 valence electrons. The Morgan fingerprint density at radius 3 is 2.46 bits per heavy atom. The number of carbonyl (C=O) groups is 2. The molecule has 1 amide bonds. The van der Waals surface area contributed by atoms with E-state index >= 15 is 0 Å². The average molecular weight is 353 g/mol. The van der Waals surface area contributed by atoms with Crippen molar-refractivity contribution >= 4 is 11.9 Å². The lowest BCUT2D eigenvalue weighted by Crippen LogP contribution is -2.33. The number of carbonyl (C=O) groups excluding carboxylic acids is 1. The van der Waals surface area contributed by atoms with Crippen LogP contribution >= 0.6 is 0 Å². The first kappa shape index (κ1) is 18.0. The summed E-state index contributed by atoms with van der Waals surface area (Å²) in [6, 6.07) is 15.2. The Labute approximate surface area is 153 Å². The summed E-state index contributed by atoms with van der Waals surface area (Å²) in [5.74, 6) is -1.20. The summed E-state index contributed by atoms with van der Waals surface area (Å²) in [7, 11) is 0. The average Bonchev–Trinajstić information content (AvgIpc) is 3.09. The zero-order chi connectivity index (χ0) is 18.7. The lowest BCUT2D eigenvalue weighted by atomic mass is 9.89. The minimum Gasteiger partial charge on any atom is -0.484 e. The van der Waals surface area contributed by atoms with E-state index in [4.69, 9.17) is 4.74 Å². The molecule has 5 nitrogen and oxygen atoms in total. The molecule has 2 atom stereocenters. The lowest BCUT2D eigenvalue weighted by molar-refractivity contribution is -0.142. The SMILES string of the molecule is Cc1ccc(OCC(=O)N2CC(C(=O)O)C(c3ccccc3)C2)cc1C. The Hall–Kier alpha value is -2.82. The van der Waals surface area contributed by atoms with Crippen molar-refractivity contribution in [1.29, 1.82) is 0 Å². The predicted molar refractivity (Wildman–Crippen MR) is 98.3 cm³/mol. The van der Waals surface area contributed by atoms with Crippen LogP contribution in [-0.2, 0) is 9.59 Å². The molecule has 0 bridgehead atoms. The molecular weight excluding hydrogens is 330 g/mol. The molecule has 0 aromatic heterocycles. The Balaban J connectivity index is 1.66. The van der Waals surface area contributed by atoms with Gasteiger partial charge in [-0.05, 0) is 42.7 Å². The molecular formula is C21H23NO4. The fraction of sp³-hybridized carbons (Fsp3) is 0.333. The summed E-state index contributed by atoms with van der Waals surface area (Å²) in [5, 5.41) is 9.54. The zero-order valence-electron chi connectivity index (χ0n) is 15.0. The molecule has 0 aliphatic carbocycles. The van der Waals surface area contributed by atoms with Crippen molar-refractivity contribution in [2.75, 3.05) is 19.7 Å². The van der Waals surface area contributed by atoms with Gasteiger partial charge in [-0.1, -0.05) is 36.4 Å². The molecule has 1 saturated heterocycles. The van der Waals surface area contributed by atoms with Gasteiger partial charge in [-0.25, -0.2) is 0 Å². The van der Waals surface area contributed by atoms with E-state index in [9.17, 15) is 14.7 Å². The Kier molecular flexibility index (Phi) is 5.26. The molecule has 1 heterocycles. The number of benzene rings is 2. The van der Waals surface area contributed by atoms with E-state index < -0.39 is 11.9 Å². The van der Waals surface area contributed by atoms with Gasteiger partial charge < -0.3 is 14.7 Å². The largest absolute Gasteiger partial charge is 0.484 e. The number of carboxylic acid groups (broad SMARTS) is 1. The van der Waals surface area contributed by atoms with Gasteiger partial charge in [0.15, 0.2) is 6.61 Å². The van der Waals surface area contributed by atoms with E-state index in [1.807, 2.05) is 62.4 Å². The summed E-state index contributed by atoms with van der Waals surface area (Å²) in [5.41, 5.74) is 3.22. The van der Waals surface area contributed by atoms with Crippen molar-refractivity contribution in [3.63, 3.8) is 0 Å². The first-order chi connectivity index (χ1) is 12.5. The summed E-state index contributed by atoms with van der Waals surface area (Å²) in [6.45, 7) is 4.53. The topological polar surface area (TPSA) is 66.8 Å². The number of amides is 1. The molecule has 0 spiro atoms. The highest BCUT2D eigenvalue weighted by Crippen LogP contribution is 2.33. The van der Waals surface area contributed by atoms with Crippen LogP contribution in [0.2, 0.25) is 0 Å². The highest BCUT2D eigenvalue weighted by Gasteiger charge is 2.40.